The van der Waals surface area contributed by atoms with Gasteiger partial charge in [0.2, 0.25) is 11.8 Å². The molecule has 12 heteroatoms. The Bertz CT molecular complexity index is 1710. The van der Waals surface area contributed by atoms with Crippen molar-refractivity contribution in [1.82, 2.24) is 23.7 Å². The molecule has 2 fully saturated rings. The number of nitrogens with zero attached hydrogens (tertiary/aromatic N) is 5. The highest BCUT2D eigenvalue weighted by molar-refractivity contribution is 5.77. The predicted molar refractivity (Wildman–Crippen MR) is 155 cm³/mol. The third-order valence-electron chi connectivity index (χ3n) is 8.06. The fraction of sp³-hybridized carbons (Fsp3) is 0.484. The van der Waals surface area contributed by atoms with E-state index < -0.39 is 23.0 Å². The van der Waals surface area contributed by atoms with Gasteiger partial charge in [-0.25, -0.2) is 14.2 Å². The summed E-state index contributed by atoms with van der Waals surface area (Å²) >= 11 is 0. The molecular weight excluding hydrogens is 560 g/mol. The summed E-state index contributed by atoms with van der Waals surface area (Å²) in [7, 11) is 0. The van der Waals surface area contributed by atoms with E-state index in [0.29, 0.717) is 25.2 Å². The van der Waals surface area contributed by atoms with Crippen molar-refractivity contribution in [2.75, 3.05) is 13.2 Å². The number of halogens is 2. The first-order valence-electron chi connectivity index (χ1n) is 15.0. The number of aromatic nitrogens is 5. The summed E-state index contributed by atoms with van der Waals surface area (Å²) in [5, 5.41) is 0. The van der Waals surface area contributed by atoms with E-state index in [1.807, 2.05) is 0 Å². The van der Waals surface area contributed by atoms with Gasteiger partial charge in [-0.15, -0.1) is 0 Å². The van der Waals surface area contributed by atoms with Crippen molar-refractivity contribution in [2.45, 2.75) is 83.9 Å². The van der Waals surface area contributed by atoms with Gasteiger partial charge in [0.25, 0.3) is 5.56 Å². The van der Waals surface area contributed by atoms with E-state index in [9.17, 15) is 14.0 Å². The standard InChI is InChI=1S/C31H35F2N5O5/c1-2-36-29-26(30(39)37(31(36)40)16-6-18-42-25-9-3-4-17-41-25)38(19-20-10-12-21(32)13-11-20)28(35-29)23-14-15-24(34-27(23)33)43-22-7-5-8-22/h10-15,22,25H,2-9,16-19H2,1H3. The molecule has 0 spiro atoms. The number of fused-ring (bicyclic) bond motifs is 1. The minimum Gasteiger partial charge on any atom is -0.474 e. The van der Waals surface area contributed by atoms with Crippen molar-refractivity contribution in [2.24, 2.45) is 0 Å². The topological polar surface area (TPSA) is 102 Å². The van der Waals surface area contributed by atoms with Gasteiger partial charge >= 0.3 is 5.69 Å². The monoisotopic (exact) mass is 595 g/mol. The quantitative estimate of drug-likeness (QED) is 0.184. The molecule has 43 heavy (non-hydrogen) atoms. The second-order valence-electron chi connectivity index (χ2n) is 11.0. The van der Waals surface area contributed by atoms with Crippen molar-refractivity contribution in [3.63, 3.8) is 0 Å². The molecule has 3 aromatic heterocycles. The SMILES string of the molecule is CCn1c(=O)n(CCCOC2CCCCO2)c(=O)c2c1nc(-c1ccc(OC3CCC3)nc1F)n2Cc1ccc(F)cc1. The van der Waals surface area contributed by atoms with Crippen LogP contribution in [0.25, 0.3) is 22.6 Å². The lowest BCUT2D eigenvalue weighted by Gasteiger charge is -2.25. The van der Waals surface area contributed by atoms with Gasteiger partial charge in [0.1, 0.15) is 17.7 Å². The molecule has 4 heterocycles. The molecule has 0 bridgehead atoms. The van der Waals surface area contributed by atoms with Gasteiger partial charge in [-0.2, -0.15) is 9.37 Å². The van der Waals surface area contributed by atoms with E-state index in [1.54, 1.807) is 29.7 Å². The van der Waals surface area contributed by atoms with Crippen molar-refractivity contribution >= 4 is 11.2 Å². The zero-order chi connectivity index (χ0) is 29.9. The molecule has 0 N–H and O–H groups in total. The number of hydrogen-bond acceptors (Lipinski definition) is 7. The first-order valence-corrected chi connectivity index (χ1v) is 15.0. The smallest absolute Gasteiger partial charge is 0.332 e. The molecule has 1 unspecified atom stereocenters. The molecule has 228 valence electrons. The van der Waals surface area contributed by atoms with E-state index >= 15 is 4.39 Å². The van der Waals surface area contributed by atoms with Crippen LogP contribution < -0.4 is 16.0 Å². The van der Waals surface area contributed by atoms with E-state index in [0.717, 1.165) is 38.5 Å². The minimum absolute atomic E-state index is 0.0267. The zero-order valence-corrected chi connectivity index (χ0v) is 24.1. The van der Waals surface area contributed by atoms with Gasteiger partial charge in [-0.1, -0.05) is 12.1 Å². The molecular formula is C31H35F2N5O5. The molecule has 1 saturated heterocycles. The van der Waals surface area contributed by atoms with E-state index in [-0.39, 0.29) is 60.5 Å². The van der Waals surface area contributed by atoms with Crippen LogP contribution in [-0.2, 0) is 29.1 Å². The van der Waals surface area contributed by atoms with Crippen LogP contribution in [0.1, 0.15) is 57.4 Å². The Morgan fingerprint density at radius 3 is 2.44 bits per heavy atom. The van der Waals surface area contributed by atoms with Crippen LogP contribution in [0, 0.1) is 11.8 Å². The molecule has 0 amide bonds. The van der Waals surface area contributed by atoms with E-state index in [2.05, 4.69) is 9.97 Å². The average molecular weight is 596 g/mol. The highest BCUT2D eigenvalue weighted by Gasteiger charge is 2.25. The molecule has 6 rings (SSSR count). The summed E-state index contributed by atoms with van der Waals surface area (Å²) in [6.45, 7) is 3.23. The van der Waals surface area contributed by atoms with Crippen LogP contribution in [0.2, 0.25) is 0 Å². The number of rotatable bonds is 11. The van der Waals surface area contributed by atoms with Crippen molar-refractivity contribution in [1.29, 1.82) is 0 Å². The van der Waals surface area contributed by atoms with Crippen LogP contribution in [0.5, 0.6) is 5.88 Å². The summed E-state index contributed by atoms with van der Waals surface area (Å²) < 4.78 is 50.6. The highest BCUT2D eigenvalue weighted by Crippen LogP contribution is 2.29. The molecule has 1 aliphatic heterocycles. The maximum absolute atomic E-state index is 15.5. The Kier molecular flexibility index (Phi) is 8.66. The Hall–Kier alpha value is -3.90. The number of imidazole rings is 1. The zero-order valence-electron chi connectivity index (χ0n) is 24.1. The number of pyridine rings is 1. The Labute approximate surface area is 246 Å². The normalized spacial score (nSPS) is 17.3. The summed E-state index contributed by atoms with van der Waals surface area (Å²) in [6.07, 6.45) is 5.92. The van der Waals surface area contributed by atoms with Gasteiger partial charge in [0, 0.05) is 32.3 Å². The van der Waals surface area contributed by atoms with Gasteiger partial charge in [0.05, 0.1) is 12.2 Å². The van der Waals surface area contributed by atoms with Crippen molar-refractivity contribution in [3.8, 4) is 17.3 Å². The number of ether oxygens (including phenoxy) is 3. The largest absolute Gasteiger partial charge is 0.474 e. The lowest BCUT2D eigenvalue weighted by atomic mass is 9.96. The Balaban J connectivity index is 1.40. The predicted octanol–water partition coefficient (Wildman–Crippen LogP) is 4.63. The van der Waals surface area contributed by atoms with Gasteiger partial charge in [-0.05, 0) is 75.6 Å². The third-order valence-corrected chi connectivity index (χ3v) is 8.06. The molecule has 1 atom stereocenters. The lowest BCUT2D eigenvalue weighted by molar-refractivity contribution is -0.163. The molecule has 1 aromatic carbocycles. The fourth-order valence-corrected chi connectivity index (χ4v) is 5.49. The maximum atomic E-state index is 15.5. The van der Waals surface area contributed by atoms with Crippen LogP contribution >= 0.6 is 0 Å². The highest BCUT2D eigenvalue weighted by atomic mass is 19.1. The van der Waals surface area contributed by atoms with Crippen LogP contribution in [-0.4, -0.2) is 49.3 Å². The molecule has 1 saturated carbocycles. The van der Waals surface area contributed by atoms with E-state index in [4.69, 9.17) is 14.2 Å². The third kappa shape index (κ3) is 6.12. The molecule has 1 aliphatic carbocycles. The molecule has 0 radical (unpaired) electrons. The fourth-order valence-electron chi connectivity index (χ4n) is 5.49. The Morgan fingerprint density at radius 1 is 0.953 bits per heavy atom. The first kappa shape index (κ1) is 29.2. The second kappa shape index (κ2) is 12.8. The Morgan fingerprint density at radius 2 is 1.77 bits per heavy atom. The summed E-state index contributed by atoms with van der Waals surface area (Å²) in [5.41, 5.74) is -0.0338. The van der Waals surface area contributed by atoms with Crippen LogP contribution in [0.15, 0.2) is 46.0 Å². The van der Waals surface area contributed by atoms with Crippen LogP contribution in [0.4, 0.5) is 8.78 Å². The molecule has 2 aliphatic rings. The summed E-state index contributed by atoms with van der Waals surface area (Å²) in [6, 6.07) is 8.93. The summed E-state index contributed by atoms with van der Waals surface area (Å²) in [5.74, 6) is -0.894. The average Bonchev–Trinajstić information content (AvgIpc) is 3.35. The number of aryl methyl sites for hydroxylation is 1. The maximum Gasteiger partial charge on any atom is 0.332 e. The lowest BCUT2D eigenvalue weighted by Crippen LogP contribution is -2.40. The van der Waals surface area contributed by atoms with E-state index in [1.165, 1.54) is 27.3 Å². The van der Waals surface area contributed by atoms with Gasteiger partial charge in [-0.3, -0.25) is 13.9 Å². The van der Waals surface area contributed by atoms with Gasteiger partial charge < -0.3 is 18.8 Å². The summed E-state index contributed by atoms with van der Waals surface area (Å²) in [4.78, 5) is 36.1. The first-order chi connectivity index (χ1) is 20.9. The minimum atomic E-state index is -0.805. The van der Waals surface area contributed by atoms with Crippen molar-refractivity contribution in [3.05, 3.63) is 74.6 Å². The molecule has 4 aromatic rings. The van der Waals surface area contributed by atoms with Gasteiger partial charge in [0.15, 0.2) is 17.5 Å². The number of benzene rings is 1. The van der Waals surface area contributed by atoms with Crippen LogP contribution in [0.3, 0.4) is 0 Å². The number of hydrogen-bond donors (Lipinski definition) is 0. The molecule has 10 nitrogen and oxygen atoms in total. The van der Waals surface area contributed by atoms with Crippen molar-refractivity contribution < 1.29 is 23.0 Å². The second-order valence-corrected chi connectivity index (χ2v) is 11.0.